The number of benzene rings is 1. The number of carbonyl (C=O) groups excluding carboxylic acids is 1. The van der Waals surface area contributed by atoms with E-state index in [0.717, 1.165) is 12.5 Å². The highest BCUT2D eigenvalue weighted by Crippen LogP contribution is 2.22. The third-order valence-electron chi connectivity index (χ3n) is 3.38. The van der Waals surface area contributed by atoms with Gasteiger partial charge in [-0.2, -0.15) is 18.3 Å². The highest BCUT2D eigenvalue weighted by atomic mass is 32.2. The lowest BCUT2D eigenvalue weighted by Crippen LogP contribution is -2.30. The van der Waals surface area contributed by atoms with E-state index in [1.165, 1.54) is 22.7 Å². The average Bonchev–Trinajstić information content (AvgIpc) is 2.94. The maximum atomic E-state index is 12.3. The van der Waals surface area contributed by atoms with Crippen molar-refractivity contribution in [2.75, 3.05) is 11.6 Å². The lowest BCUT2D eigenvalue weighted by Gasteiger charge is -2.04. The second-order valence-corrected chi connectivity index (χ2v) is 7.42. The number of sulfone groups is 1. The van der Waals surface area contributed by atoms with Crippen LogP contribution in [0, 0.1) is 0 Å². The summed E-state index contributed by atoms with van der Waals surface area (Å²) in [7, 11) is -3.40. The molecule has 1 N–H and O–H groups in total. The van der Waals surface area contributed by atoms with Gasteiger partial charge in [-0.3, -0.25) is 4.79 Å². The minimum atomic E-state index is -5.03. The molecule has 0 unspecified atom stereocenters. The summed E-state index contributed by atoms with van der Waals surface area (Å²) < 4.78 is 61.4. The molecule has 7 nitrogen and oxygen atoms in total. The van der Waals surface area contributed by atoms with Gasteiger partial charge in [0.15, 0.2) is 21.3 Å². The lowest BCUT2D eigenvalue weighted by molar-refractivity contribution is -0.167. The fraction of sp³-hybridized carbons (Fsp3) is 0.133. The number of hydrogen-bond donors (Lipinski definition) is 1. The van der Waals surface area contributed by atoms with E-state index in [0.29, 0.717) is 11.3 Å². The molecule has 2 aromatic heterocycles. The molecule has 26 heavy (non-hydrogen) atoms. The maximum Gasteiger partial charge on any atom is 0.471 e. The summed E-state index contributed by atoms with van der Waals surface area (Å²) in [6.45, 7) is 0. The summed E-state index contributed by atoms with van der Waals surface area (Å²) in [5, 5.41) is 5.83. The molecule has 2 heterocycles. The zero-order valence-electron chi connectivity index (χ0n) is 13.1. The fourth-order valence-corrected chi connectivity index (χ4v) is 2.84. The molecule has 11 heteroatoms. The second-order valence-electron chi connectivity index (χ2n) is 5.40. The smallest absolute Gasteiger partial charge is 0.301 e. The first-order chi connectivity index (χ1) is 12.0. The van der Waals surface area contributed by atoms with Gasteiger partial charge < -0.3 is 5.32 Å². The summed E-state index contributed by atoms with van der Waals surface area (Å²) in [5.74, 6) is -2.44. The van der Waals surface area contributed by atoms with Gasteiger partial charge >= 0.3 is 12.1 Å². The third-order valence-corrected chi connectivity index (χ3v) is 4.49. The summed E-state index contributed by atoms with van der Waals surface area (Å²) in [4.78, 5) is 14.9. The van der Waals surface area contributed by atoms with Gasteiger partial charge in [0, 0.05) is 11.8 Å². The Labute approximate surface area is 145 Å². The Morgan fingerprint density at radius 3 is 2.58 bits per heavy atom. The summed E-state index contributed by atoms with van der Waals surface area (Å²) >= 11 is 0. The maximum absolute atomic E-state index is 12.3. The van der Waals surface area contributed by atoms with Crippen LogP contribution in [0.2, 0.25) is 0 Å². The predicted molar refractivity (Wildman–Crippen MR) is 86.2 cm³/mol. The van der Waals surface area contributed by atoms with Gasteiger partial charge in [0.25, 0.3) is 0 Å². The van der Waals surface area contributed by atoms with Crippen molar-refractivity contribution >= 4 is 27.2 Å². The van der Waals surface area contributed by atoms with E-state index in [-0.39, 0.29) is 16.4 Å². The number of halogens is 3. The van der Waals surface area contributed by atoms with Crippen LogP contribution >= 0.6 is 0 Å². The van der Waals surface area contributed by atoms with Crippen LogP contribution < -0.4 is 5.32 Å². The SMILES string of the molecule is CS(=O)(=O)c1cccc(-c2ccc3nc(NC(=O)C(F)(F)F)cn3n2)c1. The van der Waals surface area contributed by atoms with Crippen LogP contribution in [0.1, 0.15) is 0 Å². The molecular weight excluding hydrogens is 373 g/mol. The number of alkyl halides is 3. The minimum Gasteiger partial charge on any atom is -0.301 e. The molecule has 0 aliphatic rings. The monoisotopic (exact) mass is 384 g/mol. The molecule has 136 valence electrons. The van der Waals surface area contributed by atoms with Gasteiger partial charge in [-0.1, -0.05) is 12.1 Å². The molecule has 0 saturated carbocycles. The van der Waals surface area contributed by atoms with Crippen LogP contribution in [0.15, 0.2) is 47.5 Å². The van der Waals surface area contributed by atoms with E-state index in [2.05, 4.69) is 10.1 Å². The number of imidazole rings is 1. The van der Waals surface area contributed by atoms with E-state index < -0.39 is 21.9 Å². The Morgan fingerprint density at radius 1 is 1.19 bits per heavy atom. The van der Waals surface area contributed by atoms with Crippen molar-refractivity contribution in [3.8, 4) is 11.3 Å². The first-order valence-electron chi connectivity index (χ1n) is 7.09. The molecule has 3 rings (SSSR count). The van der Waals surface area contributed by atoms with Crippen LogP contribution in [-0.2, 0) is 14.6 Å². The van der Waals surface area contributed by atoms with Crippen molar-refractivity contribution < 1.29 is 26.4 Å². The number of hydrogen-bond acceptors (Lipinski definition) is 5. The first-order valence-corrected chi connectivity index (χ1v) is 8.98. The summed E-state index contributed by atoms with van der Waals surface area (Å²) in [6, 6.07) is 9.11. The zero-order chi connectivity index (χ0) is 19.1. The molecule has 0 radical (unpaired) electrons. The van der Waals surface area contributed by atoms with Crippen LogP contribution in [0.5, 0.6) is 0 Å². The van der Waals surface area contributed by atoms with Gasteiger partial charge in [-0.15, -0.1) is 0 Å². The van der Waals surface area contributed by atoms with Gasteiger partial charge in [0.2, 0.25) is 0 Å². The Balaban J connectivity index is 1.97. The van der Waals surface area contributed by atoms with Crippen molar-refractivity contribution in [1.29, 1.82) is 0 Å². The first kappa shape index (κ1) is 17.9. The molecule has 0 saturated heterocycles. The number of nitrogens with zero attached hydrogens (tertiary/aromatic N) is 3. The third kappa shape index (κ3) is 3.67. The molecule has 1 amide bonds. The molecule has 0 fully saturated rings. The van der Waals surface area contributed by atoms with E-state index in [9.17, 15) is 26.4 Å². The van der Waals surface area contributed by atoms with Crippen LogP contribution in [0.3, 0.4) is 0 Å². The Kier molecular flexibility index (Phi) is 4.18. The molecular formula is C15H11F3N4O3S. The van der Waals surface area contributed by atoms with Crippen LogP contribution in [0.25, 0.3) is 16.9 Å². The van der Waals surface area contributed by atoms with Crippen molar-refractivity contribution in [3.63, 3.8) is 0 Å². The number of carbonyl (C=O) groups is 1. The van der Waals surface area contributed by atoms with E-state index >= 15 is 0 Å². The van der Waals surface area contributed by atoms with E-state index in [4.69, 9.17) is 0 Å². The lowest BCUT2D eigenvalue weighted by atomic mass is 10.1. The number of amides is 1. The van der Waals surface area contributed by atoms with Gasteiger partial charge in [-0.25, -0.2) is 17.9 Å². The van der Waals surface area contributed by atoms with Crippen molar-refractivity contribution in [3.05, 3.63) is 42.6 Å². The second kappa shape index (κ2) is 6.09. The summed E-state index contributed by atoms with van der Waals surface area (Å²) in [5.41, 5.74) is 1.10. The Hall–Kier alpha value is -2.95. The van der Waals surface area contributed by atoms with Crippen molar-refractivity contribution in [2.45, 2.75) is 11.1 Å². The fourth-order valence-electron chi connectivity index (χ4n) is 2.17. The highest BCUT2D eigenvalue weighted by Gasteiger charge is 2.39. The number of nitrogens with one attached hydrogen (secondary N) is 1. The van der Waals surface area contributed by atoms with E-state index in [1.54, 1.807) is 23.5 Å². The van der Waals surface area contributed by atoms with Crippen LogP contribution in [-0.4, -0.2) is 41.4 Å². The molecule has 0 atom stereocenters. The molecule has 0 spiro atoms. The Bertz CT molecular complexity index is 1110. The van der Waals surface area contributed by atoms with Crippen molar-refractivity contribution in [2.24, 2.45) is 0 Å². The summed E-state index contributed by atoms with van der Waals surface area (Å²) in [6.07, 6.45) is -2.82. The topological polar surface area (TPSA) is 93.4 Å². The molecule has 0 aliphatic heterocycles. The number of anilines is 1. The van der Waals surface area contributed by atoms with Gasteiger partial charge in [0.1, 0.15) is 0 Å². The highest BCUT2D eigenvalue weighted by molar-refractivity contribution is 7.90. The molecule has 3 aromatic rings. The normalized spacial score (nSPS) is 12.3. The van der Waals surface area contributed by atoms with Crippen molar-refractivity contribution in [1.82, 2.24) is 14.6 Å². The van der Waals surface area contributed by atoms with Crippen LogP contribution in [0.4, 0.5) is 19.0 Å². The predicted octanol–water partition coefficient (Wildman–Crippen LogP) is 2.30. The number of fused-ring (bicyclic) bond motifs is 1. The number of aromatic nitrogens is 3. The average molecular weight is 384 g/mol. The van der Waals surface area contributed by atoms with Gasteiger partial charge in [-0.05, 0) is 24.3 Å². The Morgan fingerprint density at radius 2 is 1.92 bits per heavy atom. The molecule has 0 bridgehead atoms. The quantitative estimate of drug-likeness (QED) is 0.748. The van der Waals surface area contributed by atoms with Gasteiger partial charge in [0.05, 0.1) is 16.8 Å². The zero-order valence-corrected chi connectivity index (χ0v) is 14.0. The van der Waals surface area contributed by atoms with E-state index in [1.807, 2.05) is 0 Å². The minimum absolute atomic E-state index is 0.112. The molecule has 1 aromatic carbocycles. The number of rotatable bonds is 3. The largest absolute Gasteiger partial charge is 0.471 e. The molecule has 0 aliphatic carbocycles. The standard InChI is InChI=1S/C15H11F3N4O3S/c1-26(24,25)10-4-2-3-9(7-10)11-5-6-13-19-12(8-22(13)21-11)20-14(23)15(16,17)18/h2-8H,1H3,(H,20,23).